The van der Waals surface area contributed by atoms with Gasteiger partial charge in [0, 0.05) is 15.6 Å². The van der Waals surface area contributed by atoms with Crippen LogP contribution in [0, 0.1) is 5.82 Å². The standard InChI is InChI=1S/C16H10BrClFNO2/c17-10-3-1-9(2-4-10)16-13(8-21)15(20-22-16)12-7-11(19)5-6-14(12)18/h1-7,21H,8H2. The van der Waals surface area contributed by atoms with Gasteiger partial charge in [-0.1, -0.05) is 44.8 Å². The van der Waals surface area contributed by atoms with Crippen LogP contribution in [0.3, 0.4) is 0 Å². The van der Waals surface area contributed by atoms with Crippen LogP contribution in [0.2, 0.25) is 5.02 Å². The zero-order valence-electron chi connectivity index (χ0n) is 11.2. The average molecular weight is 383 g/mol. The summed E-state index contributed by atoms with van der Waals surface area (Å²) < 4.78 is 19.7. The van der Waals surface area contributed by atoms with E-state index in [4.69, 9.17) is 16.1 Å². The molecule has 22 heavy (non-hydrogen) atoms. The van der Waals surface area contributed by atoms with Crippen molar-refractivity contribution in [1.82, 2.24) is 5.16 Å². The van der Waals surface area contributed by atoms with Gasteiger partial charge in [0.05, 0.1) is 17.2 Å². The summed E-state index contributed by atoms with van der Waals surface area (Å²) in [7, 11) is 0. The Balaban J connectivity index is 2.15. The van der Waals surface area contributed by atoms with Gasteiger partial charge >= 0.3 is 0 Å². The van der Waals surface area contributed by atoms with E-state index in [1.54, 1.807) is 0 Å². The predicted octanol–water partition coefficient (Wildman–Crippen LogP) is 5.06. The maximum atomic E-state index is 13.5. The molecule has 0 atom stereocenters. The van der Waals surface area contributed by atoms with Crippen molar-refractivity contribution in [2.24, 2.45) is 0 Å². The number of aliphatic hydroxyl groups excluding tert-OH is 1. The summed E-state index contributed by atoms with van der Waals surface area (Å²) >= 11 is 9.46. The van der Waals surface area contributed by atoms with E-state index in [-0.39, 0.29) is 6.61 Å². The van der Waals surface area contributed by atoms with Crippen molar-refractivity contribution in [2.75, 3.05) is 0 Å². The van der Waals surface area contributed by atoms with Crippen molar-refractivity contribution >= 4 is 27.5 Å². The molecule has 0 bridgehead atoms. The highest BCUT2D eigenvalue weighted by Crippen LogP contribution is 2.36. The summed E-state index contributed by atoms with van der Waals surface area (Å²) in [5, 5.41) is 14.0. The Hall–Kier alpha value is -1.69. The van der Waals surface area contributed by atoms with Gasteiger partial charge in [-0.3, -0.25) is 0 Å². The van der Waals surface area contributed by atoms with Crippen LogP contribution >= 0.6 is 27.5 Å². The van der Waals surface area contributed by atoms with Gasteiger partial charge in [-0.25, -0.2) is 4.39 Å². The number of aromatic nitrogens is 1. The molecule has 0 aliphatic rings. The second-order valence-electron chi connectivity index (χ2n) is 4.63. The van der Waals surface area contributed by atoms with Crippen molar-refractivity contribution in [3.63, 3.8) is 0 Å². The summed E-state index contributed by atoms with van der Waals surface area (Å²) in [6.45, 7) is -0.295. The van der Waals surface area contributed by atoms with E-state index in [9.17, 15) is 9.50 Å². The summed E-state index contributed by atoms with van der Waals surface area (Å²) in [4.78, 5) is 0. The number of halogens is 3. The third-order valence-corrected chi connectivity index (χ3v) is 4.09. The predicted molar refractivity (Wildman–Crippen MR) is 86.0 cm³/mol. The highest BCUT2D eigenvalue weighted by molar-refractivity contribution is 9.10. The van der Waals surface area contributed by atoms with Gasteiger partial charge in [0.15, 0.2) is 5.76 Å². The van der Waals surface area contributed by atoms with Crippen molar-refractivity contribution < 1.29 is 14.0 Å². The first-order chi connectivity index (χ1) is 10.6. The molecule has 3 nitrogen and oxygen atoms in total. The average Bonchev–Trinajstić information content (AvgIpc) is 2.94. The van der Waals surface area contributed by atoms with E-state index in [1.807, 2.05) is 24.3 Å². The molecule has 2 aromatic carbocycles. The molecule has 112 valence electrons. The molecule has 0 saturated carbocycles. The second-order valence-corrected chi connectivity index (χ2v) is 5.95. The van der Waals surface area contributed by atoms with Crippen LogP contribution in [0.15, 0.2) is 51.5 Å². The fourth-order valence-corrected chi connectivity index (χ4v) is 2.65. The third-order valence-electron chi connectivity index (χ3n) is 3.24. The zero-order valence-corrected chi connectivity index (χ0v) is 13.5. The summed E-state index contributed by atoms with van der Waals surface area (Å²) in [6.07, 6.45) is 0. The molecular formula is C16H10BrClFNO2. The summed E-state index contributed by atoms with van der Waals surface area (Å²) in [6, 6.07) is 11.4. The highest BCUT2D eigenvalue weighted by atomic mass is 79.9. The van der Waals surface area contributed by atoms with Crippen LogP contribution in [0.25, 0.3) is 22.6 Å². The monoisotopic (exact) mass is 381 g/mol. The number of aliphatic hydroxyl groups is 1. The zero-order chi connectivity index (χ0) is 15.7. The van der Waals surface area contributed by atoms with Crippen LogP contribution in [0.5, 0.6) is 0 Å². The first kappa shape index (κ1) is 15.2. The van der Waals surface area contributed by atoms with Crippen molar-refractivity contribution in [1.29, 1.82) is 0 Å². The lowest BCUT2D eigenvalue weighted by Crippen LogP contribution is -1.90. The topological polar surface area (TPSA) is 46.3 Å². The maximum absolute atomic E-state index is 13.5. The largest absolute Gasteiger partial charge is 0.391 e. The molecule has 0 fully saturated rings. The minimum Gasteiger partial charge on any atom is -0.391 e. The van der Waals surface area contributed by atoms with E-state index in [2.05, 4.69) is 21.1 Å². The molecule has 0 spiro atoms. The molecule has 0 aliphatic carbocycles. The van der Waals surface area contributed by atoms with Gasteiger partial charge in [-0.05, 0) is 30.3 Å². The minimum atomic E-state index is -0.434. The molecule has 0 unspecified atom stereocenters. The van der Waals surface area contributed by atoms with Crippen LogP contribution in [0.1, 0.15) is 5.56 Å². The Morgan fingerprint density at radius 3 is 2.59 bits per heavy atom. The molecule has 3 rings (SSSR count). The van der Waals surface area contributed by atoms with Crippen LogP contribution in [-0.2, 0) is 6.61 Å². The lowest BCUT2D eigenvalue weighted by molar-refractivity contribution is 0.281. The van der Waals surface area contributed by atoms with Gasteiger partial charge in [-0.2, -0.15) is 0 Å². The molecule has 0 amide bonds. The van der Waals surface area contributed by atoms with E-state index >= 15 is 0 Å². The lowest BCUT2D eigenvalue weighted by Gasteiger charge is -2.04. The van der Waals surface area contributed by atoms with Crippen molar-refractivity contribution in [3.05, 3.63) is 63.3 Å². The second kappa shape index (κ2) is 6.20. The number of nitrogens with zero attached hydrogens (tertiary/aromatic N) is 1. The maximum Gasteiger partial charge on any atom is 0.173 e. The minimum absolute atomic E-state index is 0.295. The van der Waals surface area contributed by atoms with Gasteiger partial charge in [0.25, 0.3) is 0 Å². The Labute approximate surface area is 139 Å². The van der Waals surface area contributed by atoms with Gasteiger partial charge in [-0.15, -0.1) is 0 Å². The molecule has 0 saturated heterocycles. The molecule has 6 heteroatoms. The SMILES string of the molecule is OCc1c(-c2cc(F)ccc2Cl)noc1-c1ccc(Br)cc1. The Morgan fingerprint density at radius 2 is 1.91 bits per heavy atom. The fraction of sp³-hybridized carbons (Fsp3) is 0.0625. The molecule has 0 radical (unpaired) electrons. The third kappa shape index (κ3) is 2.79. The molecule has 1 N–H and O–H groups in total. The first-order valence-electron chi connectivity index (χ1n) is 6.41. The molecule has 1 aromatic heterocycles. The van der Waals surface area contributed by atoms with E-state index in [0.717, 1.165) is 10.0 Å². The molecular weight excluding hydrogens is 373 g/mol. The summed E-state index contributed by atoms with van der Waals surface area (Å²) in [5.74, 6) is 0.00168. The van der Waals surface area contributed by atoms with E-state index < -0.39 is 5.82 Å². The highest BCUT2D eigenvalue weighted by Gasteiger charge is 2.20. The van der Waals surface area contributed by atoms with E-state index in [0.29, 0.717) is 27.6 Å². The smallest absolute Gasteiger partial charge is 0.173 e. The molecule has 1 heterocycles. The molecule has 0 aliphatic heterocycles. The van der Waals surface area contributed by atoms with E-state index in [1.165, 1.54) is 18.2 Å². The normalized spacial score (nSPS) is 10.9. The number of benzene rings is 2. The van der Waals surface area contributed by atoms with Gasteiger partial charge in [0.1, 0.15) is 11.5 Å². The Kier molecular flexibility index (Phi) is 4.29. The van der Waals surface area contributed by atoms with Crippen LogP contribution in [-0.4, -0.2) is 10.3 Å². The molecule has 3 aromatic rings. The fourth-order valence-electron chi connectivity index (χ4n) is 2.17. The van der Waals surface area contributed by atoms with Crippen LogP contribution < -0.4 is 0 Å². The van der Waals surface area contributed by atoms with Crippen LogP contribution in [0.4, 0.5) is 4.39 Å². The summed E-state index contributed by atoms with van der Waals surface area (Å²) in [5.41, 5.74) is 1.95. The van der Waals surface area contributed by atoms with Crippen molar-refractivity contribution in [3.8, 4) is 22.6 Å². The van der Waals surface area contributed by atoms with Gasteiger partial charge < -0.3 is 9.63 Å². The quantitative estimate of drug-likeness (QED) is 0.689. The number of hydrogen-bond acceptors (Lipinski definition) is 3. The first-order valence-corrected chi connectivity index (χ1v) is 7.58. The Bertz CT molecular complexity index is 818. The number of hydrogen-bond donors (Lipinski definition) is 1. The van der Waals surface area contributed by atoms with Gasteiger partial charge in [0.2, 0.25) is 0 Å². The number of rotatable bonds is 3. The van der Waals surface area contributed by atoms with Crippen molar-refractivity contribution in [2.45, 2.75) is 6.61 Å². The lowest BCUT2D eigenvalue weighted by atomic mass is 10.0. The Morgan fingerprint density at radius 1 is 1.18 bits per heavy atom.